The number of morpholine rings is 1. The fraction of sp³-hybridized carbons (Fsp3) is 0.368. The molecule has 3 aromatic rings. The van der Waals surface area contributed by atoms with Crippen molar-refractivity contribution in [3.8, 4) is 11.1 Å². The Balaban J connectivity index is 1.60. The first-order valence-corrected chi connectivity index (χ1v) is 9.70. The lowest BCUT2D eigenvalue weighted by molar-refractivity contribution is 0.0113. The van der Waals surface area contributed by atoms with Crippen LogP contribution in [-0.2, 0) is 11.3 Å². The van der Waals surface area contributed by atoms with Crippen molar-refractivity contribution in [3.63, 3.8) is 0 Å². The number of aliphatic hydroxyl groups excluding tert-OH is 1. The number of aromatic nitrogens is 2. The first-order valence-electron chi connectivity index (χ1n) is 8.82. The highest BCUT2D eigenvalue weighted by Gasteiger charge is 2.18. The monoisotopic (exact) mass is 389 g/mol. The van der Waals surface area contributed by atoms with Crippen LogP contribution in [0.5, 0.6) is 0 Å². The lowest BCUT2D eigenvalue weighted by Gasteiger charge is -2.28. The molecule has 3 heterocycles. The van der Waals surface area contributed by atoms with Crippen LogP contribution in [0.3, 0.4) is 0 Å². The quantitative estimate of drug-likeness (QED) is 0.723. The van der Waals surface area contributed by atoms with Crippen LogP contribution < -0.4 is 5.56 Å². The number of hydrogen-bond donors (Lipinski definition) is 1. The minimum Gasteiger partial charge on any atom is -0.390 e. The molecule has 0 radical (unpaired) electrons. The van der Waals surface area contributed by atoms with E-state index in [0.717, 1.165) is 24.2 Å². The maximum absolute atomic E-state index is 13.2. The van der Waals surface area contributed by atoms with Crippen molar-refractivity contribution in [1.29, 1.82) is 0 Å². The molecule has 0 saturated carbocycles. The molecule has 1 unspecified atom stereocenters. The minimum atomic E-state index is -0.673. The van der Waals surface area contributed by atoms with Gasteiger partial charge in [-0.15, -0.1) is 11.3 Å². The zero-order valence-electron chi connectivity index (χ0n) is 14.7. The van der Waals surface area contributed by atoms with Crippen LogP contribution in [0.4, 0.5) is 4.39 Å². The van der Waals surface area contributed by atoms with Crippen molar-refractivity contribution in [1.82, 2.24) is 14.5 Å². The second kappa shape index (κ2) is 7.85. The summed E-state index contributed by atoms with van der Waals surface area (Å²) in [6, 6.07) is 6.06. The maximum Gasteiger partial charge on any atom is 0.262 e. The Morgan fingerprint density at radius 1 is 1.22 bits per heavy atom. The number of nitrogens with zero attached hydrogens (tertiary/aromatic N) is 3. The van der Waals surface area contributed by atoms with E-state index in [-0.39, 0.29) is 17.9 Å². The first kappa shape index (κ1) is 18.2. The van der Waals surface area contributed by atoms with E-state index in [4.69, 9.17) is 4.74 Å². The molecule has 0 aliphatic carbocycles. The van der Waals surface area contributed by atoms with Crippen LogP contribution in [0.1, 0.15) is 0 Å². The third-order valence-electron chi connectivity index (χ3n) is 4.70. The molecular formula is C19H20FN3O3S. The van der Waals surface area contributed by atoms with Crippen LogP contribution in [-0.4, -0.2) is 58.5 Å². The second-order valence-corrected chi connectivity index (χ2v) is 7.46. The van der Waals surface area contributed by atoms with E-state index >= 15 is 0 Å². The fourth-order valence-electron chi connectivity index (χ4n) is 3.31. The lowest BCUT2D eigenvalue weighted by atomic mass is 10.1. The molecule has 1 fully saturated rings. The summed E-state index contributed by atoms with van der Waals surface area (Å²) in [5.74, 6) is -0.319. The van der Waals surface area contributed by atoms with Crippen LogP contribution in [0.15, 0.2) is 40.8 Å². The Morgan fingerprint density at radius 3 is 2.70 bits per heavy atom. The summed E-state index contributed by atoms with van der Waals surface area (Å²) in [6.07, 6.45) is 0.811. The Morgan fingerprint density at radius 2 is 1.96 bits per heavy atom. The number of ether oxygens (including phenoxy) is 1. The van der Waals surface area contributed by atoms with Gasteiger partial charge in [0, 0.05) is 30.6 Å². The highest BCUT2D eigenvalue weighted by atomic mass is 32.1. The SMILES string of the molecule is O=c1c2c(-c3ccc(F)cc3)csc2ncn1CC(O)CN1CCOCC1. The fourth-order valence-corrected chi connectivity index (χ4v) is 4.21. The smallest absolute Gasteiger partial charge is 0.262 e. The van der Waals surface area contributed by atoms with E-state index in [1.165, 1.54) is 34.4 Å². The number of fused-ring (bicyclic) bond motifs is 1. The predicted molar refractivity (Wildman–Crippen MR) is 103 cm³/mol. The van der Waals surface area contributed by atoms with Crippen molar-refractivity contribution in [3.05, 3.63) is 52.1 Å². The number of thiophene rings is 1. The Kier molecular flexibility index (Phi) is 5.31. The normalized spacial score (nSPS) is 16.7. The van der Waals surface area contributed by atoms with E-state index in [0.29, 0.717) is 30.0 Å². The molecule has 0 bridgehead atoms. The van der Waals surface area contributed by atoms with Crippen LogP contribution >= 0.6 is 11.3 Å². The van der Waals surface area contributed by atoms with Crippen LogP contribution in [0.25, 0.3) is 21.3 Å². The second-order valence-electron chi connectivity index (χ2n) is 6.61. The molecule has 142 valence electrons. The molecule has 1 N–H and O–H groups in total. The molecule has 0 spiro atoms. The number of hydrogen-bond acceptors (Lipinski definition) is 6. The summed E-state index contributed by atoms with van der Waals surface area (Å²) in [7, 11) is 0. The van der Waals surface area contributed by atoms with E-state index < -0.39 is 6.10 Å². The number of benzene rings is 1. The molecule has 27 heavy (non-hydrogen) atoms. The van der Waals surface area contributed by atoms with E-state index in [2.05, 4.69) is 9.88 Å². The van der Waals surface area contributed by atoms with Gasteiger partial charge in [0.15, 0.2) is 0 Å². The summed E-state index contributed by atoms with van der Waals surface area (Å²) in [5.41, 5.74) is 1.32. The summed E-state index contributed by atoms with van der Waals surface area (Å²) >= 11 is 1.38. The van der Waals surface area contributed by atoms with Gasteiger partial charge in [-0.05, 0) is 17.7 Å². The molecule has 0 amide bonds. The van der Waals surface area contributed by atoms with Gasteiger partial charge in [0.1, 0.15) is 10.6 Å². The summed E-state index contributed by atoms with van der Waals surface area (Å²) in [6.45, 7) is 3.55. The van der Waals surface area contributed by atoms with Gasteiger partial charge in [0.05, 0.1) is 37.6 Å². The van der Waals surface area contributed by atoms with E-state index in [1.807, 2.05) is 5.38 Å². The van der Waals surface area contributed by atoms with Crippen molar-refractivity contribution < 1.29 is 14.2 Å². The Bertz CT molecular complexity index is 980. The first-order chi connectivity index (χ1) is 13.1. The van der Waals surface area contributed by atoms with Crippen LogP contribution in [0, 0.1) is 5.82 Å². The van der Waals surface area contributed by atoms with E-state index in [9.17, 15) is 14.3 Å². The van der Waals surface area contributed by atoms with Gasteiger partial charge in [-0.2, -0.15) is 0 Å². The summed E-state index contributed by atoms with van der Waals surface area (Å²) < 4.78 is 20.0. The molecule has 1 aromatic carbocycles. The number of β-amino-alcohol motifs (C(OH)–C–C–N with tert-alkyl or cyclic N) is 1. The van der Waals surface area contributed by atoms with Gasteiger partial charge < -0.3 is 9.84 Å². The van der Waals surface area contributed by atoms with Crippen molar-refractivity contribution in [2.75, 3.05) is 32.8 Å². The number of rotatable bonds is 5. The number of halogens is 1. The maximum atomic E-state index is 13.2. The molecule has 1 atom stereocenters. The lowest BCUT2D eigenvalue weighted by Crippen LogP contribution is -2.42. The van der Waals surface area contributed by atoms with E-state index in [1.54, 1.807) is 12.1 Å². The highest BCUT2D eigenvalue weighted by molar-refractivity contribution is 7.17. The predicted octanol–water partition coefficient (Wildman–Crippen LogP) is 1.96. The van der Waals surface area contributed by atoms with Gasteiger partial charge in [-0.25, -0.2) is 9.37 Å². The molecule has 4 rings (SSSR count). The zero-order valence-corrected chi connectivity index (χ0v) is 15.5. The van der Waals surface area contributed by atoms with Crippen molar-refractivity contribution in [2.24, 2.45) is 0 Å². The molecule has 2 aromatic heterocycles. The number of aliphatic hydroxyl groups is 1. The Labute approximate surface area is 159 Å². The summed E-state index contributed by atoms with van der Waals surface area (Å²) in [4.78, 5) is 20.1. The molecule has 1 aliphatic heterocycles. The standard InChI is InChI=1S/C19H20FN3O3S/c20-14-3-1-13(2-4-14)16-11-27-18-17(16)19(25)23(12-21-18)10-15(24)9-22-5-7-26-8-6-22/h1-4,11-12,15,24H,5-10H2. The molecule has 1 aliphatic rings. The molecule has 8 heteroatoms. The van der Waals surface area contributed by atoms with Gasteiger partial charge >= 0.3 is 0 Å². The van der Waals surface area contributed by atoms with Crippen molar-refractivity contribution >= 4 is 21.6 Å². The third kappa shape index (κ3) is 3.93. The largest absolute Gasteiger partial charge is 0.390 e. The van der Waals surface area contributed by atoms with Gasteiger partial charge in [0.2, 0.25) is 0 Å². The Hall–Kier alpha value is -2.13. The average Bonchev–Trinajstić information content (AvgIpc) is 3.10. The molecule has 6 nitrogen and oxygen atoms in total. The van der Waals surface area contributed by atoms with Crippen LogP contribution in [0.2, 0.25) is 0 Å². The summed E-state index contributed by atoms with van der Waals surface area (Å²) in [5, 5.41) is 12.8. The van der Waals surface area contributed by atoms with Gasteiger partial charge in [0.25, 0.3) is 5.56 Å². The average molecular weight is 389 g/mol. The minimum absolute atomic E-state index is 0.178. The van der Waals surface area contributed by atoms with Crippen molar-refractivity contribution in [2.45, 2.75) is 12.6 Å². The topological polar surface area (TPSA) is 67.6 Å². The molecular weight excluding hydrogens is 369 g/mol. The third-order valence-corrected chi connectivity index (χ3v) is 5.58. The highest BCUT2D eigenvalue weighted by Crippen LogP contribution is 2.30. The molecule has 1 saturated heterocycles. The zero-order chi connectivity index (χ0) is 18.8. The van der Waals surface area contributed by atoms with Gasteiger partial charge in [-0.3, -0.25) is 14.3 Å². The van der Waals surface area contributed by atoms with Gasteiger partial charge in [-0.1, -0.05) is 12.1 Å².